The zero-order valence-corrected chi connectivity index (χ0v) is 9.84. The lowest BCUT2D eigenvalue weighted by Crippen LogP contribution is -2.25. The molecule has 5 heteroatoms. The summed E-state index contributed by atoms with van der Waals surface area (Å²) < 4.78 is 1.66. The topological polar surface area (TPSA) is 59.8 Å². The number of amides is 1. The van der Waals surface area contributed by atoms with Crippen LogP contribution in [-0.4, -0.2) is 20.9 Å². The normalized spacial score (nSPS) is 10.2. The first-order chi connectivity index (χ1) is 8.16. The summed E-state index contributed by atoms with van der Waals surface area (Å²) in [5, 5.41) is 10.7. The third-order valence-electron chi connectivity index (χ3n) is 2.24. The highest BCUT2D eigenvalue weighted by Crippen LogP contribution is 2.08. The highest BCUT2D eigenvalue weighted by atomic mass is 16.1. The van der Waals surface area contributed by atoms with Gasteiger partial charge in [-0.3, -0.25) is 4.79 Å². The van der Waals surface area contributed by atoms with E-state index in [1.807, 2.05) is 38.1 Å². The Hall–Kier alpha value is -2.17. The molecule has 1 aromatic carbocycles. The van der Waals surface area contributed by atoms with Gasteiger partial charge in [0.2, 0.25) is 5.91 Å². The number of aromatic nitrogens is 3. The predicted octanol–water partition coefficient (Wildman–Crippen LogP) is 1.47. The Bertz CT molecular complexity index is 567. The number of para-hydroxylation sites is 1. The van der Waals surface area contributed by atoms with Crippen LogP contribution in [0, 0.1) is 0 Å². The number of carbonyl (C=O) groups is 1. The number of allylic oxidation sites excluding steroid dienone is 1. The molecule has 1 heterocycles. The van der Waals surface area contributed by atoms with Gasteiger partial charge in [-0.2, -0.15) is 0 Å². The van der Waals surface area contributed by atoms with Gasteiger partial charge in [-0.1, -0.05) is 22.9 Å². The molecule has 0 aliphatic carbocycles. The number of fused-ring (bicyclic) bond motifs is 1. The van der Waals surface area contributed by atoms with Gasteiger partial charge in [-0.05, 0) is 26.0 Å². The molecule has 0 fully saturated rings. The lowest BCUT2D eigenvalue weighted by molar-refractivity contribution is -0.117. The van der Waals surface area contributed by atoms with Crippen molar-refractivity contribution < 1.29 is 4.79 Å². The van der Waals surface area contributed by atoms with Crippen LogP contribution in [0.4, 0.5) is 0 Å². The maximum atomic E-state index is 11.4. The molecule has 1 amide bonds. The van der Waals surface area contributed by atoms with E-state index in [1.165, 1.54) is 0 Å². The van der Waals surface area contributed by atoms with Crippen LogP contribution in [-0.2, 0) is 11.5 Å². The third-order valence-corrected chi connectivity index (χ3v) is 2.24. The SMILES string of the molecule is CC(C)=CC(=O)NCn1nnc2ccccc21. The van der Waals surface area contributed by atoms with Gasteiger partial charge in [0, 0.05) is 6.08 Å². The largest absolute Gasteiger partial charge is 0.333 e. The summed E-state index contributed by atoms with van der Waals surface area (Å²) in [5.74, 6) is -0.121. The fourth-order valence-electron chi connectivity index (χ4n) is 1.50. The van der Waals surface area contributed by atoms with Gasteiger partial charge < -0.3 is 5.32 Å². The van der Waals surface area contributed by atoms with Crippen molar-refractivity contribution in [3.8, 4) is 0 Å². The molecule has 0 saturated carbocycles. The van der Waals surface area contributed by atoms with Gasteiger partial charge in [0.1, 0.15) is 12.2 Å². The molecule has 0 radical (unpaired) electrons. The van der Waals surface area contributed by atoms with E-state index in [2.05, 4.69) is 15.6 Å². The molecular formula is C12H14N4O. The number of benzene rings is 1. The fraction of sp³-hybridized carbons (Fsp3) is 0.250. The van der Waals surface area contributed by atoms with E-state index >= 15 is 0 Å². The van der Waals surface area contributed by atoms with Crippen molar-refractivity contribution in [2.45, 2.75) is 20.5 Å². The van der Waals surface area contributed by atoms with Gasteiger partial charge in [0.25, 0.3) is 0 Å². The Morgan fingerprint density at radius 1 is 1.41 bits per heavy atom. The first kappa shape index (κ1) is 11.3. The standard InChI is InChI=1S/C12H14N4O/c1-9(2)7-12(17)13-8-16-11-6-4-3-5-10(11)14-15-16/h3-7H,8H2,1-2H3,(H,13,17). The van der Waals surface area contributed by atoms with Crippen molar-refractivity contribution in [1.29, 1.82) is 0 Å². The van der Waals surface area contributed by atoms with E-state index in [9.17, 15) is 4.79 Å². The fourth-order valence-corrected chi connectivity index (χ4v) is 1.50. The smallest absolute Gasteiger partial charge is 0.245 e. The second kappa shape index (κ2) is 4.78. The summed E-state index contributed by atoms with van der Waals surface area (Å²) in [5.41, 5.74) is 2.69. The molecule has 0 atom stereocenters. The molecule has 0 aliphatic heterocycles. The van der Waals surface area contributed by atoms with Crippen LogP contribution >= 0.6 is 0 Å². The average Bonchev–Trinajstić information content (AvgIpc) is 2.69. The predicted molar refractivity (Wildman–Crippen MR) is 65.1 cm³/mol. The van der Waals surface area contributed by atoms with Gasteiger partial charge in [-0.15, -0.1) is 5.10 Å². The molecule has 2 rings (SSSR count). The first-order valence-corrected chi connectivity index (χ1v) is 5.38. The molecule has 2 aromatic rings. The number of nitrogens with one attached hydrogen (secondary N) is 1. The van der Waals surface area contributed by atoms with Crippen molar-refractivity contribution in [3.05, 3.63) is 35.9 Å². The average molecular weight is 230 g/mol. The highest BCUT2D eigenvalue weighted by Gasteiger charge is 2.03. The summed E-state index contributed by atoms with van der Waals surface area (Å²) in [6.07, 6.45) is 1.55. The number of rotatable bonds is 3. The van der Waals surface area contributed by atoms with Gasteiger partial charge >= 0.3 is 0 Å². The van der Waals surface area contributed by atoms with Crippen LogP contribution in [0.2, 0.25) is 0 Å². The monoisotopic (exact) mass is 230 g/mol. The van der Waals surface area contributed by atoms with Crippen LogP contribution in [0.25, 0.3) is 11.0 Å². The van der Waals surface area contributed by atoms with Gasteiger partial charge in [-0.25, -0.2) is 4.68 Å². The summed E-state index contributed by atoms with van der Waals surface area (Å²) >= 11 is 0. The number of hydrogen-bond donors (Lipinski definition) is 1. The summed E-state index contributed by atoms with van der Waals surface area (Å²) in [6, 6.07) is 7.63. The van der Waals surface area contributed by atoms with E-state index in [1.54, 1.807) is 10.8 Å². The Balaban J connectivity index is 2.09. The Labute approximate surface area is 99.1 Å². The van der Waals surface area contributed by atoms with Gasteiger partial charge in [0.15, 0.2) is 0 Å². The van der Waals surface area contributed by atoms with Crippen LogP contribution < -0.4 is 5.32 Å². The van der Waals surface area contributed by atoms with Crippen LogP contribution in [0.3, 0.4) is 0 Å². The molecule has 0 bridgehead atoms. The molecule has 0 aliphatic rings. The van der Waals surface area contributed by atoms with Crippen molar-refractivity contribution in [3.63, 3.8) is 0 Å². The Morgan fingerprint density at radius 3 is 2.94 bits per heavy atom. The minimum absolute atomic E-state index is 0.121. The van der Waals surface area contributed by atoms with E-state index in [0.29, 0.717) is 6.67 Å². The van der Waals surface area contributed by atoms with E-state index < -0.39 is 0 Å². The zero-order chi connectivity index (χ0) is 12.3. The third kappa shape index (κ3) is 2.69. The first-order valence-electron chi connectivity index (χ1n) is 5.38. The molecule has 0 saturated heterocycles. The quantitative estimate of drug-likeness (QED) is 0.812. The van der Waals surface area contributed by atoms with Crippen molar-refractivity contribution in [1.82, 2.24) is 20.3 Å². The molecule has 1 N–H and O–H groups in total. The minimum atomic E-state index is -0.121. The molecule has 0 spiro atoms. The van der Waals surface area contributed by atoms with Gasteiger partial charge in [0.05, 0.1) is 5.52 Å². The van der Waals surface area contributed by atoms with Crippen molar-refractivity contribution in [2.24, 2.45) is 0 Å². The maximum Gasteiger partial charge on any atom is 0.245 e. The zero-order valence-electron chi connectivity index (χ0n) is 9.84. The van der Waals surface area contributed by atoms with E-state index in [4.69, 9.17) is 0 Å². The molecule has 88 valence electrons. The van der Waals surface area contributed by atoms with Crippen LogP contribution in [0.15, 0.2) is 35.9 Å². The minimum Gasteiger partial charge on any atom is -0.333 e. The number of nitrogens with zero attached hydrogens (tertiary/aromatic N) is 3. The summed E-state index contributed by atoms with van der Waals surface area (Å²) in [6.45, 7) is 4.08. The van der Waals surface area contributed by atoms with Crippen molar-refractivity contribution in [2.75, 3.05) is 0 Å². The molecule has 1 aromatic heterocycles. The number of hydrogen-bond acceptors (Lipinski definition) is 3. The molecule has 0 unspecified atom stereocenters. The summed E-state index contributed by atoms with van der Waals surface area (Å²) in [7, 11) is 0. The molecule has 5 nitrogen and oxygen atoms in total. The lowest BCUT2D eigenvalue weighted by atomic mass is 10.3. The second-order valence-corrected chi connectivity index (χ2v) is 4.00. The molecule has 17 heavy (non-hydrogen) atoms. The second-order valence-electron chi connectivity index (χ2n) is 4.00. The van der Waals surface area contributed by atoms with E-state index in [0.717, 1.165) is 16.6 Å². The number of carbonyl (C=O) groups excluding carboxylic acids is 1. The lowest BCUT2D eigenvalue weighted by Gasteiger charge is -2.03. The Kier molecular flexibility index (Phi) is 3.18. The molecular weight excluding hydrogens is 216 g/mol. The van der Waals surface area contributed by atoms with Crippen LogP contribution in [0.5, 0.6) is 0 Å². The van der Waals surface area contributed by atoms with Crippen molar-refractivity contribution >= 4 is 16.9 Å². The summed E-state index contributed by atoms with van der Waals surface area (Å²) in [4.78, 5) is 11.4. The Morgan fingerprint density at radius 2 is 2.18 bits per heavy atom. The maximum absolute atomic E-state index is 11.4. The van der Waals surface area contributed by atoms with Crippen LogP contribution in [0.1, 0.15) is 13.8 Å². The highest BCUT2D eigenvalue weighted by molar-refractivity contribution is 5.87. The van der Waals surface area contributed by atoms with E-state index in [-0.39, 0.29) is 5.91 Å².